The van der Waals surface area contributed by atoms with Gasteiger partial charge in [0.05, 0.1) is 20.9 Å². The Bertz CT molecular complexity index is 950. The van der Waals surface area contributed by atoms with Crippen molar-refractivity contribution in [3.8, 4) is 0 Å². The molecule has 0 aliphatic carbocycles. The highest BCUT2D eigenvalue weighted by molar-refractivity contribution is 7.89. The molecule has 5 nitrogen and oxygen atoms in total. The average Bonchev–Trinajstić information content (AvgIpc) is 3.05. The average molecular weight is 482 g/mol. The molecule has 0 N–H and O–H groups in total. The molecule has 0 saturated carbocycles. The zero-order valence-electron chi connectivity index (χ0n) is 15.1. The van der Waals surface area contributed by atoms with Crippen molar-refractivity contribution in [1.29, 1.82) is 0 Å². The van der Waals surface area contributed by atoms with Crippen molar-refractivity contribution in [2.75, 3.05) is 20.1 Å². The number of sulfonamides is 1. The first-order valence-corrected chi connectivity index (χ1v) is 12.0. The van der Waals surface area contributed by atoms with Gasteiger partial charge in [-0.05, 0) is 37.1 Å². The SMILES string of the molecule is CN(Cc1ccc(Cl)s1)C(=O)C1CCN(S(=O)(=O)c2c(Cl)cccc2Cl)CC1. The lowest BCUT2D eigenvalue weighted by Crippen LogP contribution is -2.43. The third-order valence-electron chi connectivity index (χ3n) is 4.72. The maximum Gasteiger partial charge on any atom is 0.246 e. The summed E-state index contributed by atoms with van der Waals surface area (Å²) < 4.78 is 27.9. The number of halogens is 3. The molecule has 0 atom stereocenters. The maximum absolute atomic E-state index is 12.9. The Hall–Kier alpha value is -0.830. The van der Waals surface area contributed by atoms with Gasteiger partial charge >= 0.3 is 0 Å². The van der Waals surface area contributed by atoms with Crippen LogP contribution >= 0.6 is 46.1 Å². The normalized spacial score (nSPS) is 16.3. The van der Waals surface area contributed by atoms with E-state index in [1.54, 1.807) is 18.0 Å². The van der Waals surface area contributed by atoms with Crippen LogP contribution < -0.4 is 0 Å². The van der Waals surface area contributed by atoms with E-state index in [0.717, 1.165) is 4.88 Å². The number of thiophene rings is 1. The van der Waals surface area contributed by atoms with Crippen molar-refractivity contribution in [2.45, 2.75) is 24.3 Å². The van der Waals surface area contributed by atoms with Gasteiger partial charge in [0.2, 0.25) is 15.9 Å². The largest absolute Gasteiger partial charge is 0.340 e. The Labute approximate surface area is 183 Å². The third kappa shape index (κ3) is 4.66. The highest BCUT2D eigenvalue weighted by Crippen LogP contribution is 2.33. The van der Waals surface area contributed by atoms with Gasteiger partial charge < -0.3 is 4.90 Å². The summed E-state index contributed by atoms with van der Waals surface area (Å²) in [6.07, 6.45) is 0.908. The minimum atomic E-state index is -3.81. The number of piperidine rings is 1. The van der Waals surface area contributed by atoms with E-state index < -0.39 is 10.0 Å². The van der Waals surface area contributed by atoms with Crippen molar-refractivity contribution >= 4 is 62.1 Å². The summed E-state index contributed by atoms with van der Waals surface area (Å²) in [5.74, 6) is -0.203. The molecule has 1 aromatic carbocycles. The number of carbonyl (C=O) groups is 1. The summed E-state index contributed by atoms with van der Waals surface area (Å²) >= 11 is 19.5. The van der Waals surface area contributed by atoms with Gasteiger partial charge in [0.25, 0.3) is 0 Å². The Morgan fingerprint density at radius 3 is 2.29 bits per heavy atom. The fourth-order valence-corrected chi connectivity index (χ4v) is 6.96. The van der Waals surface area contributed by atoms with Crippen molar-refractivity contribution < 1.29 is 13.2 Å². The molecule has 0 unspecified atom stereocenters. The molecular weight excluding hydrogens is 463 g/mol. The number of hydrogen-bond acceptors (Lipinski definition) is 4. The summed E-state index contributed by atoms with van der Waals surface area (Å²) in [7, 11) is -2.05. The lowest BCUT2D eigenvalue weighted by atomic mass is 9.96. The number of amides is 1. The van der Waals surface area contributed by atoms with Gasteiger partial charge in [0.15, 0.2) is 0 Å². The third-order valence-corrected chi connectivity index (χ3v) is 8.79. The monoisotopic (exact) mass is 480 g/mol. The van der Waals surface area contributed by atoms with E-state index in [-0.39, 0.29) is 39.9 Å². The van der Waals surface area contributed by atoms with Crippen LogP contribution in [-0.4, -0.2) is 43.7 Å². The lowest BCUT2D eigenvalue weighted by Gasteiger charge is -2.32. The second-order valence-corrected chi connectivity index (χ2v) is 11.1. The van der Waals surface area contributed by atoms with Crippen molar-refractivity contribution in [2.24, 2.45) is 5.92 Å². The molecule has 1 fully saturated rings. The summed E-state index contributed by atoms with van der Waals surface area (Å²) in [6.45, 7) is 0.988. The number of rotatable bonds is 5. The van der Waals surface area contributed by atoms with E-state index in [2.05, 4.69) is 0 Å². The minimum absolute atomic E-state index is 0.0114. The van der Waals surface area contributed by atoms with Crippen LogP contribution in [0.5, 0.6) is 0 Å². The molecule has 152 valence electrons. The molecular formula is C18H19Cl3N2O3S2. The first-order chi connectivity index (χ1) is 13.2. The first kappa shape index (κ1) is 21.9. The van der Waals surface area contributed by atoms with Crippen LogP contribution in [0.2, 0.25) is 14.4 Å². The Morgan fingerprint density at radius 1 is 1.14 bits per heavy atom. The highest BCUT2D eigenvalue weighted by atomic mass is 35.5. The smallest absolute Gasteiger partial charge is 0.246 e. The molecule has 2 heterocycles. The molecule has 28 heavy (non-hydrogen) atoms. The molecule has 1 aliphatic heterocycles. The predicted octanol–water partition coefficient (Wildman–Crippen LogP) is 4.77. The molecule has 0 radical (unpaired) electrons. The summed E-state index contributed by atoms with van der Waals surface area (Å²) in [6, 6.07) is 8.32. The van der Waals surface area contributed by atoms with Gasteiger partial charge in [-0.2, -0.15) is 4.31 Å². The molecule has 1 saturated heterocycles. The van der Waals surface area contributed by atoms with Crippen molar-refractivity contribution in [3.05, 3.63) is 49.6 Å². The minimum Gasteiger partial charge on any atom is -0.340 e. The van der Waals surface area contributed by atoms with E-state index in [4.69, 9.17) is 34.8 Å². The molecule has 3 rings (SSSR count). The van der Waals surface area contributed by atoms with E-state index in [1.807, 2.05) is 12.1 Å². The zero-order chi connectivity index (χ0) is 20.5. The highest BCUT2D eigenvalue weighted by Gasteiger charge is 2.35. The number of nitrogens with zero attached hydrogens (tertiary/aromatic N) is 2. The molecule has 1 aromatic heterocycles. The quantitative estimate of drug-likeness (QED) is 0.618. The van der Waals surface area contributed by atoms with Crippen LogP contribution in [0.25, 0.3) is 0 Å². The fraction of sp³-hybridized carbons (Fsp3) is 0.389. The number of hydrogen-bond donors (Lipinski definition) is 0. The number of benzene rings is 1. The van der Waals surface area contributed by atoms with E-state index in [9.17, 15) is 13.2 Å². The fourth-order valence-electron chi connectivity index (χ4n) is 3.26. The Kier molecular flexibility index (Phi) is 6.95. The molecule has 0 bridgehead atoms. The van der Waals surface area contributed by atoms with Crippen LogP contribution in [0, 0.1) is 5.92 Å². The Morgan fingerprint density at radius 2 is 1.75 bits per heavy atom. The van der Waals surface area contributed by atoms with E-state index in [1.165, 1.54) is 27.8 Å². The van der Waals surface area contributed by atoms with Crippen LogP contribution in [0.15, 0.2) is 35.2 Å². The maximum atomic E-state index is 12.9. The van der Waals surface area contributed by atoms with Crippen LogP contribution in [0.3, 0.4) is 0 Å². The topological polar surface area (TPSA) is 57.7 Å². The van der Waals surface area contributed by atoms with Gasteiger partial charge in [-0.25, -0.2) is 8.42 Å². The van der Waals surface area contributed by atoms with Gasteiger partial charge in [-0.1, -0.05) is 40.9 Å². The second kappa shape index (κ2) is 8.90. The van der Waals surface area contributed by atoms with E-state index in [0.29, 0.717) is 23.7 Å². The summed E-state index contributed by atoms with van der Waals surface area (Å²) in [5, 5.41) is 0.195. The summed E-state index contributed by atoms with van der Waals surface area (Å²) in [4.78, 5) is 15.3. The zero-order valence-corrected chi connectivity index (χ0v) is 19.0. The van der Waals surface area contributed by atoms with Crippen LogP contribution in [0.4, 0.5) is 0 Å². The molecule has 1 aliphatic rings. The molecule has 10 heteroatoms. The van der Waals surface area contributed by atoms with Gasteiger partial charge in [-0.3, -0.25) is 4.79 Å². The van der Waals surface area contributed by atoms with Crippen molar-refractivity contribution in [1.82, 2.24) is 9.21 Å². The number of carbonyl (C=O) groups excluding carboxylic acids is 1. The van der Waals surface area contributed by atoms with Gasteiger partial charge in [-0.15, -0.1) is 11.3 Å². The van der Waals surface area contributed by atoms with E-state index >= 15 is 0 Å². The standard InChI is InChI=1S/C18H19Cl3N2O3S2/c1-22(11-13-5-6-16(21)27-13)18(24)12-7-9-23(10-8-12)28(25,26)17-14(19)3-2-4-15(17)20/h2-6,12H,7-11H2,1H3. The molecule has 2 aromatic rings. The lowest BCUT2D eigenvalue weighted by molar-refractivity contribution is -0.135. The summed E-state index contributed by atoms with van der Waals surface area (Å²) in [5.41, 5.74) is 0. The second-order valence-electron chi connectivity index (χ2n) is 6.63. The van der Waals surface area contributed by atoms with Crippen molar-refractivity contribution in [3.63, 3.8) is 0 Å². The Balaban J connectivity index is 1.64. The van der Waals surface area contributed by atoms with Crippen LogP contribution in [-0.2, 0) is 21.4 Å². The van der Waals surface area contributed by atoms with Crippen LogP contribution in [0.1, 0.15) is 17.7 Å². The molecule has 0 spiro atoms. The first-order valence-electron chi connectivity index (χ1n) is 8.63. The van der Waals surface area contributed by atoms with Gasteiger partial charge in [0, 0.05) is 30.9 Å². The van der Waals surface area contributed by atoms with Gasteiger partial charge in [0.1, 0.15) is 4.90 Å². The molecule has 1 amide bonds. The predicted molar refractivity (Wildman–Crippen MR) is 114 cm³/mol.